The Morgan fingerprint density at radius 1 is 1.36 bits per heavy atom. The van der Waals surface area contributed by atoms with Crippen LogP contribution in [0.3, 0.4) is 0 Å². The Morgan fingerprint density at radius 3 is 2.56 bits per heavy atom. The minimum Gasteiger partial charge on any atom is -0.337 e. The number of H-pyrrole nitrogens is 1. The highest BCUT2D eigenvalue weighted by molar-refractivity contribution is 5.66. The average Bonchev–Trinajstić information content (AvgIpc) is 3.09. The molecule has 0 atom stereocenters. The molecule has 25 heavy (non-hydrogen) atoms. The fraction of sp³-hybridized carbons (Fsp3) is 0.333. The predicted octanol–water partition coefficient (Wildman–Crippen LogP) is 2.44. The van der Waals surface area contributed by atoms with Gasteiger partial charge >= 0.3 is 6.18 Å². The summed E-state index contributed by atoms with van der Waals surface area (Å²) >= 11 is 0. The van der Waals surface area contributed by atoms with Crippen LogP contribution in [-0.4, -0.2) is 24.4 Å². The van der Waals surface area contributed by atoms with Crippen molar-refractivity contribution in [2.24, 2.45) is 7.05 Å². The Bertz CT molecular complexity index is 1060. The number of halogens is 3. The highest BCUT2D eigenvalue weighted by Crippen LogP contribution is 2.32. The molecule has 0 bridgehead atoms. The van der Waals surface area contributed by atoms with E-state index >= 15 is 0 Å². The second-order valence-corrected chi connectivity index (χ2v) is 5.84. The summed E-state index contributed by atoms with van der Waals surface area (Å²) in [5, 5.41) is 16.5. The Hall–Kier alpha value is -3.09. The van der Waals surface area contributed by atoms with Crippen LogP contribution in [0.4, 0.5) is 13.2 Å². The van der Waals surface area contributed by atoms with Crippen LogP contribution < -0.4 is 5.56 Å². The molecule has 10 heteroatoms. The predicted molar refractivity (Wildman–Crippen MR) is 81.8 cm³/mol. The fourth-order valence-electron chi connectivity index (χ4n) is 2.69. The maximum absolute atomic E-state index is 13.0. The van der Waals surface area contributed by atoms with E-state index in [9.17, 15) is 18.0 Å². The van der Waals surface area contributed by atoms with Crippen molar-refractivity contribution in [3.8, 4) is 17.5 Å². The van der Waals surface area contributed by atoms with Crippen molar-refractivity contribution < 1.29 is 13.2 Å². The Labute approximate surface area is 139 Å². The highest BCUT2D eigenvalue weighted by Gasteiger charge is 2.35. The van der Waals surface area contributed by atoms with Gasteiger partial charge in [-0.1, -0.05) is 13.8 Å². The van der Waals surface area contributed by atoms with E-state index in [2.05, 4.69) is 15.2 Å². The molecule has 3 heterocycles. The number of nitriles is 1. The summed E-state index contributed by atoms with van der Waals surface area (Å²) in [4.78, 5) is 15.6. The summed E-state index contributed by atoms with van der Waals surface area (Å²) in [5.41, 5.74) is -0.759. The van der Waals surface area contributed by atoms with Crippen LogP contribution in [0.1, 0.15) is 36.6 Å². The van der Waals surface area contributed by atoms with Crippen LogP contribution >= 0.6 is 0 Å². The van der Waals surface area contributed by atoms with E-state index in [-0.39, 0.29) is 34.1 Å². The van der Waals surface area contributed by atoms with Gasteiger partial charge in [0.2, 0.25) is 0 Å². The second-order valence-electron chi connectivity index (χ2n) is 5.84. The minimum absolute atomic E-state index is 0.0979. The molecule has 3 rings (SSSR count). The first kappa shape index (κ1) is 16.8. The lowest BCUT2D eigenvalue weighted by molar-refractivity contribution is -0.141. The van der Waals surface area contributed by atoms with Gasteiger partial charge in [-0.25, -0.2) is 0 Å². The highest BCUT2D eigenvalue weighted by atomic mass is 19.4. The number of alkyl halides is 3. The maximum Gasteiger partial charge on any atom is 0.435 e. The number of hydrogen-bond acceptors (Lipinski definition) is 4. The van der Waals surface area contributed by atoms with E-state index in [1.165, 1.54) is 13.2 Å². The Kier molecular flexibility index (Phi) is 3.67. The molecule has 1 N–H and O–H groups in total. The van der Waals surface area contributed by atoms with Gasteiger partial charge in [0.15, 0.2) is 11.3 Å². The van der Waals surface area contributed by atoms with Gasteiger partial charge in [-0.05, 0) is 12.0 Å². The first-order chi connectivity index (χ1) is 11.6. The first-order valence-corrected chi connectivity index (χ1v) is 7.30. The number of aromatic nitrogens is 5. The van der Waals surface area contributed by atoms with Crippen LogP contribution in [0.15, 0.2) is 17.1 Å². The normalized spacial score (nSPS) is 12.1. The summed E-state index contributed by atoms with van der Waals surface area (Å²) in [6.45, 7) is 3.49. The lowest BCUT2D eigenvalue weighted by Crippen LogP contribution is -2.23. The molecule has 130 valence electrons. The number of nitrogens with one attached hydrogen (secondary N) is 1. The van der Waals surface area contributed by atoms with Crippen LogP contribution in [0.25, 0.3) is 17.0 Å². The van der Waals surface area contributed by atoms with Crippen molar-refractivity contribution in [3.05, 3.63) is 39.4 Å². The molecule has 0 saturated carbocycles. The number of aromatic amines is 1. The number of aryl methyl sites for hydroxylation is 1. The molecule has 0 fully saturated rings. The molecule has 0 aliphatic rings. The van der Waals surface area contributed by atoms with Gasteiger partial charge in [0.05, 0.1) is 17.6 Å². The molecule has 7 nitrogen and oxygen atoms in total. The molecule has 0 saturated heterocycles. The largest absolute Gasteiger partial charge is 0.435 e. The van der Waals surface area contributed by atoms with Gasteiger partial charge in [-0.2, -0.15) is 33.1 Å². The first-order valence-electron chi connectivity index (χ1n) is 7.30. The summed E-state index contributed by atoms with van der Waals surface area (Å²) in [6.07, 6.45) is -3.38. The van der Waals surface area contributed by atoms with Crippen molar-refractivity contribution in [1.29, 1.82) is 5.26 Å². The molecule has 0 aromatic carbocycles. The number of hydrogen-bond donors (Lipinski definition) is 1. The molecule has 0 amide bonds. The standard InChI is InChI=1S/C15H13F3N6O/c1-7(2)11-12(9-4-10(15(16,17)18)22-23(9)3)21-13-8(5-19)6-20-24(13)14(11)25/h4,6-7,21H,1-3H3. The number of nitrogens with zero attached hydrogens (tertiary/aromatic N) is 5. The van der Waals surface area contributed by atoms with Gasteiger partial charge in [0.25, 0.3) is 5.56 Å². The fourth-order valence-corrected chi connectivity index (χ4v) is 2.69. The van der Waals surface area contributed by atoms with Gasteiger partial charge in [0.1, 0.15) is 11.6 Å². The molecule has 3 aromatic heterocycles. The summed E-state index contributed by atoms with van der Waals surface area (Å²) in [7, 11) is 1.36. The number of fused-ring (bicyclic) bond motifs is 1. The molecule has 0 spiro atoms. The van der Waals surface area contributed by atoms with E-state index in [4.69, 9.17) is 5.26 Å². The third-order valence-electron chi connectivity index (χ3n) is 3.83. The SMILES string of the molecule is CC(C)c1c(-c2cc(C(F)(F)F)nn2C)[nH]c2c(C#N)cnn2c1=O. The van der Waals surface area contributed by atoms with E-state index in [0.29, 0.717) is 0 Å². The number of rotatable bonds is 2. The van der Waals surface area contributed by atoms with E-state index in [1.807, 2.05) is 6.07 Å². The van der Waals surface area contributed by atoms with Crippen LogP contribution in [0.2, 0.25) is 0 Å². The topological polar surface area (TPSA) is 91.8 Å². The Balaban J connectivity index is 2.40. The minimum atomic E-state index is -4.60. The summed E-state index contributed by atoms with van der Waals surface area (Å²) < 4.78 is 41.0. The monoisotopic (exact) mass is 350 g/mol. The van der Waals surface area contributed by atoms with Crippen LogP contribution in [-0.2, 0) is 13.2 Å². The van der Waals surface area contributed by atoms with Gasteiger partial charge in [-0.3, -0.25) is 9.48 Å². The third-order valence-corrected chi connectivity index (χ3v) is 3.83. The molecule has 0 radical (unpaired) electrons. The van der Waals surface area contributed by atoms with Crippen LogP contribution in [0, 0.1) is 11.3 Å². The molecule has 3 aromatic rings. The molecule has 0 unspecified atom stereocenters. The van der Waals surface area contributed by atoms with Crippen molar-refractivity contribution in [3.63, 3.8) is 0 Å². The lowest BCUT2D eigenvalue weighted by atomic mass is 10.0. The average molecular weight is 350 g/mol. The zero-order chi connectivity index (χ0) is 18.5. The zero-order valence-electron chi connectivity index (χ0n) is 13.5. The van der Waals surface area contributed by atoms with Crippen molar-refractivity contribution in [2.75, 3.05) is 0 Å². The van der Waals surface area contributed by atoms with Crippen LogP contribution in [0.5, 0.6) is 0 Å². The quantitative estimate of drug-likeness (QED) is 0.768. The summed E-state index contributed by atoms with van der Waals surface area (Å²) in [6, 6.07) is 2.76. The van der Waals surface area contributed by atoms with Crippen molar-refractivity contribution in [1.82, 2.24) is 24.4 Å². The summed E-state index contributed by atoms with van der Waals surface area (Å²) in [5.74, 6) is -0.290. The van der Waals surface area contributed by atoms with Gasteiger partial charge in [-0.15, -0.1) is 0 Å². The Morgan fingerprint density at radius 2 is 2.04 bits per heavy atom. The molecular formula is C15H13F3N6O. The van der Waals surface area contributed by atoms with Gasteiger partial charge in [0, 0.05) is 12.6 Å². The van der Waals surface area contributed by atoms with Gasteiger partial charge < -0.3 is 4.98 Å². The second kappa shape index (κ2) is 5.47. The molecule has 0 aliphatic carbocycles. The maximum atomic E-state index is 13.0. The smallest absolute Gasteiger partial charge is 0.337 e. The molecular weight excluding hydrogens is 337 g/mol. The van der Waals surface area contributed by atoms with E-state index in [0.717, 1.165) is 15.3 Å². The van der Waals surface area contributed by atoms with Crippen molar-refractivity contribution in [2.45, 2.75) is 25.9 Å². The lowest BCUT2D eigenvalue weighted by Gasteiger charge is -2.13. The van der Waals surface area contributed by atoms with E-state index < -0.39 is 17.4 Å². The van der Waals surface area contributed by atoms with Crippen molar-refractivity contribution >= 4 is 5.65 Å². The zero-order valence-corrected chi connectivity index (χ0v) is 13.5. The third kappa shape index (κ3) is 2.57. The van der Waals surface area contributed by atoms with E-state index in [1.54, 1.807) is 13.8 Å². The molecule has 0 aliphatic heterocycles.